The number of rotatable bonds is 3. The van der Waals surface area contributed by atoms with E-state index in [-0.39, 0.29) is 12.1 Å². The molecule has 1 fully saturated rings. The number of nitrogens with zero attached hydrogens (tertiary/aromatic N) is 2. The number of amides is 2. The molecule has 2 N–H and O–H groups in total. The average Bonchev–Trinajstić information content (AvgIpc) is 2.74. The second-order valence-corrected chi connectivity index (χ2v) is 5.35. The molecule has 21 heavy (non-hydrogen) atoms. The lowest BCUT2D eigenvalue weighted by Crippen LogP contribution is -2.49. The topological polar surface area (TPSA) is 82.5 Å². The van der Waals surface area contributed by atoms with Crippen molar-refractivity contribution in [1.29, 1.82) is 0 Å². The lowest BCUT2D eigenvalue weighted by molar-refractivity contribution is -0.142. The summed E-state index contributed by atoms with van der Waals surface area (Å²) in [7, 11) is 0. The zero-order valence-corrected chi connectivity index (χ0v) is 12.2. The number of aromatic nitrogens is 1. The maximum atomic E-state index is 12.4. The summed E-state index contributed by atoms with van der Waals surface area (Å²) in [5, 5.41) is 12.2. The lowest BCUT2D eigenvalue weighted by atomic mass is 10.1. The minimum atomic E-state index is -0.930. The number of urea groups is 1. The monoisotopic (exact) mass is 291 g/mol. The van der Waals surface area contributed by atoms with Crippen LogP contribution >= 0.6 is 0 Å². The Labute approximate surface area is 124 Å². The van der Waals surface area contributed by atoms with Crippen LogP contribution in [0.4, 0.5) is 4.79 Å². The molecule has 6 heteroatoms. The van der Waals surface area contributed by atoms with E-state index in [0.717, 1.165) is 24.8 Å². The number of aliphatic carboxylic acids is 1. The SMILES string of the molecule is CC(NC(=O)N1CCCCCC1C(=O)O)c1cccnc1. The highest BCUT2D eigenvalue weighted by atomic mass is 16.4. The molecule has 2 amide bonds. The fourth-order valence-electron chi connectivity index (χ4n) is 2.59. The summed E-state index contributed by atoms with van der Waals surface area (Å²) in [4.78, 5) is 29.2. The summed E-state index contributed by atoms with van der Waals surface area (Å²) >= 11 is 0. The quantitative estimate of drug-likeness (QED) is 0.894. The third kappa shape index (κ3) is 3.93. The zero-order valence-electron chi connectivity index (χ0n) is 12.2. The number of carbonyl (C=O) groups is 2. The van der Waals surface area contributed by atoms with Crippen molar-refractivity contribution in [2.45, 2.75) is 44.7 Å². The Morgan fingerprint density at radius 1 is 1.43 bits per heavy atom. The average molecular weight is 291 g/mol. The molecule has 2 rings (SSSR count). The van der Waals surface area contributed by atoms with Gasteiger partial charge in [0.25, 0.3) is 0 Å². The van der Waals surface area contributed by atoms with Crippen LogP contribution in [0.25, 0.3) is 0 Å². The molecule has 0 bridgehead atoms. The first-order valence-corrected chi connectivity index (χ1v) is 7.29. The molecule has 1 aromatic heterocycles. The van der Waals surface area contributed by atoms with Crippen molar-refractivity contribution in [3.05, 3.63) is 30.1 Å². The van der Waals surface area contributed by atoms with E-state index in [2.05, 4.69) is 10.3 Å². The predicted octanol–water partition coefficient (Wildman–Crippen LogP) is 2.18. The van der Waals surface area contributed by atoms with Gasteiger partial charge in [-0.25, -0.2) is 9.59 Å². The van der Waals surface area contributed by atoms with Crippen molar-refractivity contribution >= 4 is 12.0 Å². The highest BCUT2D eigenvalue weighted by Crippen LogP contribution is 2.18. The van der Waals surface area contributed by atoms with Crippen LogP contribution in [0, 0.1) is 0 Å². The maximum Gasteiger partial charge on any atom is 0.326 e. The standard InChI is InChI=1S/C15H21N3O3/c1-11(12-6-5-8-16-10-12)17-15(21)18-9-4-2-3-7-13(18)14(19)20/h5-6,8,10-11,13H,2-4,7,9H2,1H3,(H,17,21)(H,19,20). The van der Waals surface area contributed by atoms with E-state index in [4.69, 9.17) is 0 Å². The Hall–Kier alpha value is -2.11. The first kappa shape index (κ1) is 15.3. The summed E-state index contributed by atoms with van der Waals surface area (Å²) in [6.45, 7) is 2.35. The first-order valence-electron chi connectivity index (χ1n) is 7.29. The molecule has 0 aliphatic carbocycles. The molecule has 1 aliphatic rings. The van der Waals surface area contributed by atoms with Crippen molar-refractivity contribution in [2.24, 2.45) is 0 Å². The van der Waals surface area contributed by atoms with E-state index >= 15 is 0 Å². The van der Waals surface area contributed by atoms with Crippen LogP contribution < -0.4 is 5.32 Å². The Balaban J connectivity index is 2.05. The Morgan fingerprint density at radius 3 is 2.90 bits per heavy atom. The van der Waals surface area contributed by atoms with E-state index in [1.807, 2.05) is 19.1 Å². The van der Waals surface area contributed by atoms with Crippen LogP contribution in [0.3, 0.4) is 0 Å². The van der Waals surface area contributed by atoms with Gasteiger partial charge in [-0.05, 0) is 31.4 Å². The molecule has 0 saturated carbocycles. The van der Waals surface area contributed by atoms with Crippen molar-refractivity contribution < 1.29 is 14.7 Å². The zero-order chi connectivity index (χ0) is 15.2. The van der Waals surface area contributed by atoms with Crippen molar-refractivity contribution in [3.63, 3.8) is 0 Å². The summed E-state index contributed by atoms with van der Waals surface area (Å²) in [6, 6.07) is 2.44. The van der Waals surface area contributed by atoms with Gasteiger partial charge in [0, 0.05) is 18.9 Å². The van der Waals surface area contributed by atoms with Crippen molar-refractivity contribution in [3.8, 4) is 0 Å². The van der Waals surface area contributed by atoms with E-state index in [1.54, 1.807) is 12.4 Å². The molecule has 2 heterocycles. The Kier molecular flexibility index (Phi) is 5.14. The van der Waals surface area contributed by atoms with E-state index in [1.165, 1.54) is 4.90 Å². The molecule has 1 saturated heterocycles. The highest BCUT2D eigenvalue weighted by Gasteiger charge is 2.31. The third-order valence-electron chi connectivity index (χ3n) is 3.82. The molecule has 6 nitrogen and oxygen atoms in total. The van der Waals surface area contributed by atoms with Crippen LogP contribution in [0.1, 0.15) is 44.2 Å². The van der Waals surface area contributed by atoms with Crippen LogP contribution in [0.2, 0.25) is 0 Å². The lowest BCUT2D eigenvalue weighted by Gasteiger charge is -2.28. The highest BCUT2D eigenvalue weighted by molar-refractivity contribution is 5.83. The van der Waals surface area contributed by atoms with Gasteiger partial charge in [-0.2, -0.15) is 0 Å². The summed E-state index contributed by atoms with van der Waals surface area (Å²) in [6.07, 6.45) is 6.54. The van der Waals surface area contributed by atoms with Gasteiger partial charge in [-0.15, -0.1) is 0 Å². The second kappa shape index (κ2) is 7.06. The molecule has 2 unspecified atom stereocenters. The fraction of sp³-hybridized carbons (Fsp3) is 0.533. The van der Waals surface area contributed by atoms with E-state index < -0.39 is 12.0 Å². The summed E-state index contributed by atoms with van der Waals surface area (Å²) in [5.41, 5.74) is 0.896. The number of hydrogen-bond donors (Lipinski definition) is 2. The largest absolute Gasteiger partial charge is 0.480 e. The van der Waals surface area contributed by atoms with E-state index in [9.17, 15) is 14.7 Å². The predicted molar refractivity (Wildman–Crippen MR) is 77.8 cm³/mol. The van der Waals surface area contributed by atoms with Gasteiger partial charge in [0.05, 0.1) is 6.04 Å². The van der Waals surface area contributed by atoms with E-state index in [0.29, 0.717) is 13.0 Å². The second-order valence-electron chi connectivity index (χ2n) is 5.35. The van der Waals surface area contributed by atoms with Gasteiger partial charge in [0.15, 0.2) is 0 Å². The summed E-state index contributed by atoms with van der Waals surface area (Å²) < 4.78 is 0. The third-order valence-corrected chi connectivity index (χ3v) is 3.82. The Morgan fingerprint density at radius 2 is 2.24 bits per heavy atom. The summed E-state index contributed by atoms with van der Waals surface area (Å²) in [5.74, 6) is -0.930. The van der Waals surface area contributed by atoms with Crippen LogP contribution in [0.5, 0.6) is 0 Å². The van der Waals surface area contributed by atoms with Crippen LogP contribution in [0.15, 0.2) is 24.5 Å². The minimum absolute atomic E-state index is 0.205. The first-order chi connectivity index (χ1) is 10.1. The molecule has 2 atom stereocenters. The van der Waals surface area contributed by atoms with Gasteiger partial charge < -0.3 is 15.3 Å². The van der Waals surface area contributed by atoms with Gasteiger partial charge in [0.1, 0.15) is 6.04 Å². The van der Waals surface area contributed by atoms with Gasteiger partial charge in [0.2, 0.25) is 0 Å². The number of pyridine rings is 1. The molecular formula is C15H21N3O3. The molecule has 1 aromatic rings. The number of hydrogen-bond acceptors (Lipinski definition) is 3. The number of likely N-dealkylation sites (tertiary alicyclic amines) is 1. The van der Waals surface area contributed by atoms with Crippen molar-refractivity contribution in [2.75, 3.05) is 6.54 Å². The number of carboxylic acid groups (broad SMARTS) is 1. The fourth-order valence-corrected chi connectivity index (χ4v) is 2.59. The Bertz CT molecular complexity index is 492. The molecule has 0 aromatic carbocycles. The maximum absolute atomic E-state index is 12.4. The molecule has 1 aliphatic heterocycles. The van der Waals surface area contributed by atoms with Crippen LogP contribution in [-0.2, 0) is 4.79 Å². The van der Waals surface area contributed by atoms with Gasteiger partial charge in [-0.1, -0.05) is 18.9 Å². The number of carbonyl (C=O) groups excluding carboxylic acids is 1. The molecule has 0 spiro atoms. The smallest absolute Gasteiger partial charge is 0.326 e. The normalized spacial score (nSPS) is 20.4. The van der Waals surface area contributed by atoms with Crippen molar-refractivity contribution in [1.82, 2.24) is 15.2 Å². The van der Waals surface area contributed by atoms with Gasteiger partial charge in [-0.3, -0.25) is 4.98 Å². The minimum Gasteiger partial charge on any atom is -0.480 e. The number of nitrogens with one attached hydrogen (secondary N) is 1. The number of carboxylic acids is 1. The molecular weight excluding hydrogens is 270 g/mol. The van der Waals surface area contributed by atoms with Crippen LogP contribution in [-0.4, -0.2) is 39.6 Å². The molecule has 114 valence electrons. The van der Waals surface area contributed by atoms with Gasteiger partial charge >= 0.3 is 12.0 Å². The molecule has 0 radical (unpaired) electrons.